The maximum atomic E-state index is 7.84. The Kier molecular flexibility index (Phi) is 18.1. The van der Waals surface area contributed by atoms with Gasteiger partial charge in [0.1, 0.15) is 22.3 Å². The van der Waals surface area contributed by atoms with E-state index in [4.69, 9.17) is 8.83 Å². The van der Waals surface area contributed by atoms with Crippen LogP contribution < -0.4 is 19.6 Å². The van der Waals surface area contributed by atoms with Gasteiger partial charge in [-0.2, -0.15) is 0 Å². The lowest BCUT2D eigenvalue weighted by Gasteiger charge is -2.31. The molecule has 0 spiro atoms. The number of benzene rings is 20. The molecule has 0 aliphatic rings. The van der Waals surface area contributed by atoms with E-state index in [9.17, 15) is 0 Å². The maximum Gasteiger partial charge on any atom is 0.144 e. The highest BCUT2D eigenvalue weighted by Gasteiger charge is 2.31. The van der Waals surface area contributed by atoms with Crippen molar-refractivity contribution in [2.75, 3.05) is 19.6 Å². The molecule has 0 saturated heterocycles. The predicted octanol–water partition coefficient (Wildman–Crippen LogP) is 33.5. The van der Waals surface area contributed by atoms with E-state index in [1.807, 2.05) is 0 Å². The highest BCUT2D eigenvalue weighted by atomic mass is 16.3. The summed E-state index contributed by atoms with van der Waals surface area (Å²) in [6.07, 6.45) is 0. The van der Waals surface area contributed by atoms with Crippen LogP contribution in [0.25, 0.3) is 143 Å². The van der Waals surface area contributed by atoms with Gasteiger partial charge in [-0.25, -0.2) is 0 Å². The van der Waals surface area contributed by atoms with Gasteiger partial charge in [0.2, 0.25) is 0 Å². The summed E-state index contributed by atoms with van der Waals surface area (Å²) >= 11 is 0. The van der Waals surface area contributed by atoms with E-state index in [0.29, 0.717) is 0 Å². The smallest absolute Gasteiger partial charge is 0.144 e. The van der Waals surface area contributed by atoms with E-state index in [0.717, 1.165) is 228 Å². The number of nitrogens with zero attached hydrogens (tertiary/aromatic N) is 4. The number of para-hydroxylation sites is 4. The highest BCUT2D eigenvalue weighted by molar-refractivity contribution is 6.29. The van der Waals surface area contributed by atoms with E-state index in [2.05, 4.69) is 472 Å². The number of aryl methyl sites for hydroxylation is 4. The van der Waals surface area contributed by atoms with Crippen LogP contribution >= 0.6 is 0 Å². The van der Waals surface area contributed by atoms with Crippen molar-refractivity contribution in [3.63, 3.8) is 0 Å². The Hall–Kier alpha value is -15.8. The van der Waals surface area contributed by atoms with Gasteiger partial charge in [-0.05, 0) is 198 Å². The summed E-state index contributed by atoms with van der Waals surface area (Å²) in [4.78, 5) is 9.87. The summed E-state index contributed by atoms with van der Waals surface area (Å²) in [6, 6.07) is 155. The second kappa shape index (κ2) is 30.3. The topological polar surface area (TPSA) is 39.2 Å². The van der Waals surface area contributed by atoms with Gasteiger partial charge in [-0.1, -0.05) is 322 Å². The molecule has 22 aromatic rings. The fourth-order valence-electron chi connectivity index (χ4n) is 18.8. The number of fused-ring (bicyclic) bond motifs is 14. The van der Waals surface area contributed by atoms with Gasteiger partial charge in [0.15, 0.2) is 0 Å². The van der Waals surface area contributed by atoms with Crippen molar-refractivity contribution in [2.45, 2.75) is 27.7 Å². The van der Waals surface area contributed by atoms with Crippen LogP contribution in [0.3, 0.4) is 0 Å². The molecule has 6 nitrogen and oxygen atoms in total. The van der Waals surface area contributed by atoms with Crippen molar-refractivity contribution < 1.29 is 8.83 Å². The molecular formula is C116H82N4O2. The van der Waals surface area contributed by atoms with Crippen LogP contribution in [-0.2, 0) is 0 Å². The largest absolute Gasteiger partial charge is 0.455 e. The molecule has 0 atom stereocenters. The van der Waals surface area contributed by atoms with E-state index in [1.54, 1.807) is 0 Å². The van der Waals surface area contributed by atoms with E-state index in [-0.39, 0.29) is 0 Å². The SMILES string of the molecule is Cc1cccc(N(c2cccc(-c3ccccc3)c2)c2cc3c4cc(N(c5cccc(C)c5)c5cccc(-c6cccc(-c7cccc8c(N(c9ccccc9C)c9ccccc9-c9ccccc9)cc9c%10cc(N(c%11ccccc%11C)c%11ccccc%11-c%11ccccc%11)c%11ccccc%11c%10oc9c78)c6)c5)c5ccccc5c4oc3c3ccccc23)c1. The van der Waals surface area contributed by atoms with Crippen molar-refractivity contribution in [2.24, 2.45) is 0 Å². The van der Waals surface area contributed by atoms with Crippen LogP contribution in [-0.4, -0.2) is 0 Å². The standard InChI is InChI=1S/C116H82N4O2/c1-75-34-28-48-86(66-75)117(88-50-31-45-83(69-88)79-38-8-5-9-39-79)108-71-100-101-72-109(94-55-17-20-58-97(94)114(101)121-113(100)96-57-19-16-54-93(96)108)118(87-49-29-35-76(2)67-87)89-51-32-46-84(70-89)82-44-30-47-85(68-82)92-60-33-61-99-111(120(105-63-25-15-37-78(105)4)107-65-27-23-53-91(107)81-42-12-7-13-43-81)74-103-102-73-110(95-56-18-21-59-98(95)115(102)122-116(103)112(92)99)119(104-62-24-14-36-77(104)3)106-64-26-22-52-90(106)80-40-10-6-11-41-80/h5-74H,1-4H3. The molecule has 22 rings (SSSR count). The summed E-state index contributed by atoms with van der Waals surface area (Å²) < 4.78 is 15.2. The van der Waals surface area contributed by atoms with Gasteiger partial charge < -0.3 is 28.4 Å². The molecule has 0 fully saturated rings. The summed E-state index contributed by atoms with van der Waals surface area (Å²) in [5.74, 6) is 0. The zero-order chi connectivity index (χ0) is 81.5. The molecule has 0 aliphatic heterocycles. The van der Waals surface area contributed by atoms with Crippen LogP contribution in [0.2, 0.25) is 0 Å². The molecular weight excluding hydrogens is 1480 g/mol. The third-order valence-electron chi connectivity index (χ3n) is 24.5. The number of hydrogen-bond donors (Lipinski definition) is 0. The Morgan fingerprint density at radius 1 is 0.164 bits per heavy atom. The fourth-order valence-corrected chi connectivity index (χ4v) is 18.8. The van der Waals surface area contributed by atoms with Crippen molar-refractivity contribution >= 4 is 155 Å². The molecule has 122 heavy (non-hydrogen) atoms. The van der Waals surface area contributed by atoms with Crippen molar-refractivity contribution in [1.82, 2.24) is 0 Å². The lowest BCUT2D eigenvalue weighted by Crippen LogP contribution is -2.13. The Bertz CT molecular complexity index is 7860. The van der Waals surface area contributed by atoms with Crippen LogP contribution in [0.4, 0.5) is 68.2 Å². The molecule has 0 unspecified atom stereocenters. The molecule has 0 saturated carbocycles. The van der Waals surface area contributed by atoms with Crippen molar-refractivity contribution in [3.8, 4) is 55.6 Å². The Morgan fingerprint density at radius 2 is 0.459 bits per heavy atom. The minimum atomic E-state index is 0.808. The van der Waals surface area contributed by atoms with Crippen molar-refractivity contribution in [3.05, 3.63) is 447 Å². The van der Waals surface area contributed by atoms with Gasteiger partial charge in [-0.15, -0.1) is 0 Å². The van der Waals surface area contributed by atoms with Gasteiger partial charge in [0.05, 0.1) is 34.1 Å². The lowest BCUT2D eigenvalue weighted by atomic mass is 9.92. The zero-order valence-electron chi connectivity index (χ0n) is 68.0. The quantitative estimate of drug-likeness (QED) is 0.0905. The number of anilines is 12. The van der Waals surface area contributed by atoms with Crippen LogP contribution in [0.5, 0.6) is 0 Å². The van der Waals surface area contributed by atoms with Crippen LogP contribution in [0.15, 0.2) is 433 Å². The number of rotatable bonds is 17. The van der Waals surface area contributed by atoms with Gasteiger partial charge in [0.25, 0.3) is 0 Å². The fraction of sp³-hybridized carbons (Fsp3) is 0.0345. The summed E-state index contributed by atoms with van der Waals surface area (Å²) in [5.41, 5.74) is 31.6. The highest BCUT2D eigenvalue weighted by Crippen LogP contribution is 2.55. The van der Waals surface area contributed by atoms with Crippen molar-refractivity contribution in [1.29, 1.82) is 0 Å². The third-order valence-corrected chi connectivity index (χ3v) is 24.5. The monoisotopic (exact) mass is 1560 g/mol. The third kappa shape index (κ3) is 12.6. The normalized spacial score (nSPS) is 11.6. The lowest BCUT2D eigenvalue weighted by molar-refractivity contribution is 0.676. The van der Waals surface area contributed by atoms with Gasteiger partial charge in [-0.3, -0.25) is 0 Å². The zero-order valence-corrected chi connectivity index (χ0v) is 68.0. The first-order valence-corrected chi connectivity index (χ1v) is 41.9. The summed E-state index contributed by atoms with van der Waals surface area (Å²) in [7, 11) is 0. The molecule has 2 heterocycles. The molecule has 6 heteroatoms. The van der Waals surface area contributed by atoms with Gasteiger partial charge in [0, 0.05) is 110 Å². The van der Waals surface area contributed by atoms with Crippen LogP contribution in [0, 0.1) is 27.7 Å². The molecule has 0 aliphatic carbocycles. The molecule has 20 aromatic carbocycles. The average molecular weight is 1560 g/mol. The maximum absolute atomic E-state index is 7.84. The molecule has 578 valence electrons. The number of furan rings is 2. The summed E-state index contributed by atoms with van der Waals surface area (Å²) in [5, 5.41) is 12.4. The second-order valence-electron chi connectivity index (χ2n) is 32.1. The second-order valence-corrected chi connectivity index (χ2v) is 32.1. The Labute approximate surface area is 709 Å². The predicted molar refractivity (Wildman–Crippen MR) is 516 cm³/mol. The Balaban J connectivity index is 0.752. The van der Waals surface area contributed by atoms with Crippen LogP contribution in [0.1, 0.15) is 22.3 Å². The first-order valence-electron chi connectivity index (χ1n) is 41.9. The molecule has 0 bridgehead atoms. The van der Waals surface area contributed by atoms with Gasteiger partial charge >= 0.3 is 0 Å². The minimum absolute atomic E-state index is 0.808. The first kappa shape index (κ1) is 72.7. The first-order chi connectivity index (χ1) is 60.2. The van der Waals surface area contributed by atoms with E-state index in [1.165, 1.54) is 5.56 Å². The minimum Gasteiger partial charge on any atom is -0.455 e. The molecule has 0 N–H and O–H groups in total. The Morgan fingerprint density at radius 3 is 0.910 bits per heavy atom. The molecule has 0 radical (unpaired) electrons. The number of hydrogen-bond acceptors (Lipinski definition) is 6. The molecule has 2 aromatic heterocycles. The summed E-state index contributed by atoms with van der Waals surface area (Å²) in [6.45, 7) is 8.80. The molecule has 0 amide bonds. The average Bonchev–Trinajstić information content (AvgIpc) is 1.61. The van der Waals surface area contributed by atoms with E-state index >= 15 is 0 Å². The van der Waals surface area contributed by atoms with E-state index < -0.39 is 0 Å².